The Balaban J connectivity index is 1.64. The molecule has 0 aliphatic heterocycles. The molecule has 5 nitrogen and oxygen atoms in total. The van der Waals surface area contributed by atoms with Crippen LogP contribution in [0.4, 0.5) is 13.2 Å². The summed E-state index contributed by atoms with van der Waals surface area (Å²) in [4.78, 5) is 17.5. The summed E-state index contributed by atoms with van der Waals surface area (Å²) >= 11 is 6.11. The van der Waals surface area contributed by atoms with Gasteiger partial charge in [0.1, 0.15) is 0 Å². The van der Waals surface area contributed by atoms with E-state index in [4.69, 9.17) is 16.1 Å². The highest BCUT2D eigenvalue weighted by Crippen LogP contribution is 2.32. The largest absolute Gasteiger partial charge is 0.416 e. The molecule has 0 saturated carbocycles. The maximum absolute atomic E-state index is 13.1. The molecule has 0 spiro atoms. The number of pyridine rings is 1. The lowest BCUT2D eigenvalue weighted by Gasteiger charge is -2.10. The third-order valence-electron chi connectivity index (χ3n) is 5.14. The van der Waals surface area contributed by atoms with Gasteiger partial charge in [0, 0.05) is 27.6 Å². The first kappa shape index (κ1) is 21.0. The number of rotatable bonds is 3. The molecule has 5 rings (SSSR count). The molecule has 0 bridgehead atoms. The summed E-state index contributed by atoms with van der Waals surface area (Å²) in [5.41, 5.74) is 0.400. The van der Waals surface area contributed by atoms with Crippen LogP contribution in [0.25, 0.3) is 39.3 Å². The van der Waals surface area contributed by atoms with Gasteiger partial charge in [-0.25, -0.2) is 0 Å². The summed E-state index contributed by atoms with van der Waals surface area (Å²) in [6, 6.07) is 18.3. The Morgan fingerprint density at radius 2 is 1.64 bits per heavy atom. The lowest BCUT2D eigenvalue weighted by Crippen LogP contribution is -2.18. The van der Waals surface area contributed by atoms with Crippen LogP contribution < -0.4 is 5.56 Å². The Morgan fingerprint density at radius 1 is 0.909 bits per heavy atom. The predicted molar refractivity (Wildman–Crippen MR) is 118 cm³/mol. The topological polar surface area (TPSA) is 60.9 Å². The molecule has 164 valence electrons. The van der Waals surface area contributed by atoms with Crippen LogP contribution in [0, 0.1) is 0 Å². The van der Waals surface area contributed by atoms with Crippen molar-refractivity contribution in [3.8, 4) is 28.5 Å². The molecule has 3 aromatic carbocycles. The van der Waals surface area contributed by atoms with Crippen LogP contribution in [-0.2, 0) is 6.18 Å². The van der Waals surface area contributed by atoms with Crippen LogP contribution in [0.2, 0.25) is 5.02 Å². The van der Waals surface area contributed by atoms with E-state index in [-0.39, 0.29) is 17.3 Å². The molecule has 0 aliphatic rings. The fourth-order valence-corrected chi connectivity index (χ4v) is 3.72. The van der Waals surface area contributed by atoms with E-state index in [9.17, 15) is 18.0 Å². The van der Waals surface area contributed by atoms with Crippen molar-refractivity contribution in [3.63, 3.8) is 0 Å². The summed E-state index contributed by atoms with van der Waals surface area (Å²) < 4.78 is 45.4. The molecule has 2 heterocycles. The number of alkyl halides is 3. The van der Waals surface area contributed by atoms with Crippen molar-refractivity contribution in [2.75, 3.05) is 0 Å². The molecule has 5 aromatic rings. The molecule has 2 aromatic heterocycles. The number of hydrogen-bond donors (Lipinski definition) is 0. The van der Waals surface area contributed by atoms with Crippen molar-refractivity contribution in [1.82, 2.24) is 14.7 Å². The van der Waals surface area contributed by atoms with Gasteiger partial charge >= 0.3 is 6.18 Å². The number of benzene rings is 3. The minimum absolute atomic E-state index is 0.122. The second-order valence-electron chi connectivity index (χ2n) is 7.24. The third-order valence-corrected chi connectivity index (χ3v) is 5.37. The monoisotopic (exact) mass is 467 g/mol. The van der Waals surface area contributed by atoms with Crippen LogP contribution in [-0.4, -0.2) is 14.7 Å². The lowest BCUT2D eigenvalue weighted by atomic mass is 10.1. The zero-order valence-corrected chi connectivity index (χ0v) is 17.4. The molecule has 0 aliphatic carbocycles. The summed E-state index contributed by atoms with van der Waals surface area (Å²) in [5, 5.41) is 5.43. The van der Waals surface area contributed by atoms with E-state index in [1.54, 1.807) is 54.7 Å². The minimum Gasteiger partial charge on any atom is -0.334 e. The Kier molecular flexibility index (Phi) is 5.02. The van der Waals surface area contributed by atoms with E-state index in [0.29, 0.717) is 32.6 Å². The summed E-state index contributed by atoms with van der Waals surface area (Å²) in [6.45, 7) is 0. The number of hydrogen-bond acceptors (Lipinski definition) is 4. The van der Waals surface area contributed by atoms with Crippen molar-refractivity contribution >= 4 is 22.4 Å². The molecule has 0 saturated heterocycles. The van der Waals surface area contributed by atoms with E-state index >= 15 is 0 Å². The van der Waals surface area contributed by atoms with E-state index in [0.717, 1.165) is 12.1 Å². The van der Waals surface area contributed by atoms with Gasteiger partial charge in [0.15, 0.2) is 0 Å². The van der Waals surface area contributed by atoms with Gasteiger partial charge in [-0.3, -0.25) is 9.36 Å². The number of fused-ring (bicyclic) bond motifs is 1. The smallest absolute Gasteiger partial charge is 0.334 e. The van der Waals surface area contributed by atoms with Crippen molar-refractivity contribution in [2.24, 2.45) is 0 Å². The maximum atomic E-state index is 13.1. The quantitative estimate of drug-likeness (QED) is 0.309. The van der Waals surface area contributed by atoms with Crippen LogP contribution in [0.3, 0.4) is 0 Å². The van der Waals surface area contributed by atoms with Gasteiger partial charge in [-0.2, -0.15) is 18.2 Å². The first-order valence-electron chi connectivity index (χ1n) is 9.73. The number of nitrogens with zero attached hydrogens (tertiary/aromatic N) is 3. The first-order chi connectivity index (χ1) is 15.8. The highest BCUT2D eigenvalue weighted by molar-refractivity contribution is 6.30. The fourth-order valence-electron chi connectivity index (χ4n) is 3.54. The fraction of sp³-hybridized carbons (Fsp3) is 0.0417. The maximum Gasteiger partial charge on any atom is 0.416 e. The lowest BCUT2D eigenvalue weighted by molar-refractivity contribution is -0.137. The van der Waals surface area contributed by atoms with Crippen LogP contribution in [0.1, 0.15) is 5.56 Å². The van der Waals surface area contributed by atoms with Crippen LogP contribution in [0.15, 0.2) is 88.3 Å². The van der Waals surface area contributed by atoms with E-state index < -0.39 is 11.7 Å². The van der Waals surface area contributed by atoms with E-state index in [1.165, 1.54) is 16.7 Å². The number of aromatic nitrogens is 3. The van der Waals surface area contributed by atoms with Crippen molar-refractivity contribution < 1.29 is 17.7 Å². The summed E-state index contributed by atoms with van der Waals surface area (Å²) in [5.74, 6) is 0.250. The zero-order valence-electron chi connectivity index (χ0n) is 16.7. The van der Waals surface area contributed by atoms with Crippen LogP contribution >= 0.6 is 11.6 Å². The van der Waals surface area contributed by atoms with Gasteiger partial charge < -0.3 is 4.52 Å². The molecule has 0 radical (unpaired) electrons. The molecule has 33 heavy (non-hydrogen) atoms. The molecule has 0 amide bonds. The molecular weight excluding hydrogens is 455 g/mol. The SMILES string of the molecule is O=c1c2ccccc2c(-c2nc(-c3ccc(C(F)(F)F)cc3)no2)cn1-c1cccc(Cl)c1. The Labute approximate surface area is 189 Å². The van der Waals surface area contributed by atoms with Crippen molar-refractivity contribution in [3.05, 3.63) is 99.9 Å². The average Bonchev–Trinajstić information content (AvgIpc) is 3.29. The van der Waals surface area contributed by atoms with Crippen LogP contribution in [0.5, 0.6) is 0 Å². The average molecular weight is 468 g/mol. The normalized spacial score (nSPS) is 11.8. The second kappa shape index (κ2) is 7.90. The van der Waals surface area contributed by atoms with Gasteiger partial charge in [0.2, 0.25) is 5.82 Å². The van der Waals surface area contributed by atoms with Gasteiger partial charge in [-0.1, -0.05) is 53.2 Å². The molecule has 0 unspecified atom stereocenters. The summed E-state index contributed by atoms with van der Waals surface area (Å²) in [6.07, 6.45) is -2.85. The molecule has 9 heteroatoms. The first-order valence-corrected chi connectivity index (χ1v) is 10.1. The van der Waals surface area contributed by atoms with Gasteiger partial charge in [0.25, 0.3) is 11.4 Å². The molecule has 0 N–H and O–H groups in total. The molecule has 0 fully saturated rings. The predicted octanol–water partition coefficient (Wildman–Crippen LogP) is 6.38. The Morgan fingerprint density at radius 3 is 2.33 bits per heavy atom. The third kappa shape index (κ3) is 3.89. The van der Waals surface area contributed by atoms with Gasteiger partial charge in [-0.05, 0) is 36.4 Å². The molecule has 0 atom stereocenters. The number of halogens is 4. The zero-order chi connectivity index (χ0) is 23.2. The molecular formula is C24H13ClF3N3O2. The Bertz CT molecular complexity index is 1540. The van der Waals surface area contributed by atoms with Gasteiger partial charge in [-0.15, -0.1) is 0 Å². The summed E-state index contributed by atoms with van der Waals surface area (Å²) in [7, 11) is 0. The standard InChI is InChI=1S/C24H13ClF3N3O2/c25-16-4-3-5-17(12-16)31-13-20(18-6-1-2-7-19(18)23(31)32)22-29-21(30-33-22)14-8-10-15(11-9-14)24(26,27)28/h1-13H. The highest BCUT2D eigenvalue weighted by Gasteiger charge is 2.30. The van der Waals surface area contributed by atoms with Gasteiger partial charge in [0.05, 0.1) is 16.8 Å². The van der Waals surface area contributed by atoms with Crippen molar-refractivity contribution in [1.29, 1.82) is 0 Å². The van der Waals surface area contributed by atoms with E-state index in [1.807, 2.05) is 0 Å². The minimum atomic E-state index is -4.44. The highest BCUT2D eigenvalue weighted by atomic mass is 35.5. The van der Waals surface area contributed by atoms with E-state index in [2.05, 4.69) is 10.1 Å². The van der Waals surface area contributed by atoms with Crippen molar-refractivity contribution in [2.45, 2.75) is 6.18 Å². The second-order valence-corrected chi connectivity index (χ2v) is 7.68. The Hall–Kier alpha value is -3.91.